The van der Waals surface area contributed by atoms with Crippen LogP contribution in [0.1, 0.15) is 52.9 Å². The first-order valence-electron chi connectivity index (χ1n) is 6.66. The fourth-order valence-corrected chi connectivity index (χ4v) is 0.820. The average molecular weight is 251 g/mol. The minimum absolute atomic E-state index is 0.171. The average Bonchev–Trinajstić information content (AvgIpc) is 2.45. The van der Waals surface area contributed by atoms with Crippen molar-refractivity contribution in [3.63, 3.8) is 0 Å². The maximum atomic E-state index is 5.56. The second kappa shape index (κ2) is 36.0. The van der Waals surface area contributed by atoms with Gasteiger partial charge in [0.2, 0.25) is 0 Å². The summed E-state index contributed by atoms with van der Waals surface area (Å²) in [5, 5.41) is 0. The van der Waals surface area contributed by atoms with Gasteiger partial charge in [0.1, 0.15) is 0 Å². The van der Waals surface area contributed by atoms with Crippen LogP contribution in [0.25, 0.3) is 0 Å². The van der Waals surface area contributed by atoms with E-state index in [0.717, 1.165) is 25.7 Å². The number of hydrogen-bond acceptors (Lipinski definition) is 1. The van der Waals surface area contributed by atoms with Crippen LogP contribution in [0, 0.1) is 12.8 Å². The molecular weight excluding hydrogens is 218 g/mol. The van der Waals surface area contributed by atoms with Crippen LogP contribution in [0.3, 0.4) is 0 Å². The van der Waals surface area contributed by atoms with Crippen LogP contribution in [0.4, 0.5) is 0 Å². The molecule has 0 aliphatic carbocycles. The molecule has 0 fully saturated rings. The van der Waals surface area contributed by atoms with Gasteiger partial charge in [-0.05, 0) is 25.7 Å². The third-order valence-electron chi connectivity index (χ3n) is 1.74. The van der Waals surface area contributed by atoms with E-state index in [4.69, 9.17) is 5.73 Å². The van der Waals surface area contributed by atoms with Gasteiger partial charge in [-0.15, -0.1) is 32.6 Å². The summed E-state index contributed by atoms with van der Waals surface area (Å²) in [6.07, 6.45) is 19.2. The monoisotopic (exact) mass is 251 g/mol. The van der Waals surface area contributed by atoms with E-state index in [9.17, 15) is 0 Å². The highest BCUT2D eigenvalue weighted by Gasteiger charge is 1.92. The van der Waals surface area contributed by atoms with Crippen molar-refractivity contribution >= 4 is 0 Å². The highest BCUT2D eigenvalue weighted by Crippen LogP contribution is 1.98. The van der Waals surface area contributed by atoms with Crippen LogP contribution < -0.4 is 5.73 Å². The highest BCUT2D eigenvalue weighted by molar-refractivity contribution is 4.82. The maximum absolute atomic E-state index is 5.56. The molecule has 0 heterocycles. The Labute approximate surface area is 116 Å². The van der Waals surface area contributed by atoms with E-state index in [0.29, 0.717) is 0 Å². The molecule has 1 heteroatoms. The van der Waals surface area contributed by atoms with Gasteiger partial charge in [-0.3, -0.25) is 0 Å². The van der Waals surface area contributed by atoms with Crippen molar-refractivity contribution in [1.29, 1.82) is 0 Å². The molecule has 0 aromatic rings. The van der Waals surface area contributed by atoms with E-state index < -0.39 is 0 Å². The Bertz CT molecular complexity index is 168. The fourth-order valence-electron chi connectivity index (χ4n) is 0.820. The van der Waals surface area contributed by atoms with Crippen LogP contribution in [-0.4, -0.2) is 6.04 Å². The summed E-state index contributed by atoms with van der Waals surface area (Å²) in [7, 11) is 0. The minimum Gasteiger partial charge on any atom is -0.324 e. The van der Waals surface area contributed by atoms with Crippen LogP contribution in [0.5, 0.6) is 0 Å². The van der Waals surface area contributed by atoms with Gasteiger partial charge in [0.15, 0.2) is 0 Å². The first-order valence-corrected chi connectivity index (χ1v) is 6.66. The molecule has 106 valence electrons. The molecule has 18 heavy (non-hydrogen) atoms. The summed E-state index contributed by atoms with van der Waals surface area (Å²) in [5.41, 5.74) is 5.56. The van der Waals surface area contributed by atoms with Gasteiger partial charge in [-0.1, -0.05) is 45.4 Å². The maximum Gasteiger partial charge on any atom is 0.0221 e. The number of hydrogen-bond donors (Lipinski definition) is 1. The van der Waals surface area contributed by atoms with Crippen molar-refractivity contribution in [2.45, 2.75) is 58.9 Å². The van der Waals surface area contributed by atoms with Crippen molar-refractivity contribution in [2.24, 2.45) is 5.73 Å². The molecule has 0 aromatic carbocycles. The van der Waals surface area contributed by atoms with Crippen molar-refractivity contribution in [1.82, 2.24) is 0 Å². The van der Waals surface area contributed by atoms with Crippen molar-refractivity contribution in [2.75, 3.05) is 0 Å². The lowest BCUT2D eigenvalue weighted by atomic mass is 10.1. The summed E-state index contributed by atoms with van der Waals surface area (Å²) in [4.78, 5) is 0. The third kappa shape index (κ3) is 46.5. The van der Waals surface area contributed by atoms with Gasteiger partial charge in [-0.25, -0.2) is 0 Å². The topological polar surface area (TPSA) is 26.0 Å². The molecule has 0 aliphatic rings. The summed E-state index contributed by atoms with van der Waals surface area (Å²) >= 11 is 0. The summed E-state index contributed by atoms with van der Waals surface area (Å²) in [5.74, 6) is 0. The lowest BCUT2D eigenvalue weighted by Crippen LogP contribution is -2.15. The smallest absolute Gasteiger partial charge is 0.0221 e. The predicted molar refractivity (Wildman–Crippen MR) is 88.6 cm³/mol. The quantitative estimate of drug-likeness (QED) is 0.380. The number of terminal acetylenes is 1. The van der Waals surface area contributed by atoms with E-state index in [1.165, 1.54) is 6.42 Å². The number of nitrogens with two attached hydrogens (primary N) is 1. The first-order chi connectivity index (χ1) is 8.72. The lowest BCUT2D eigenvalue weighted by molar-refractivity contribution is 0.675. The van der Waals surface area contributed by atoms with Gasteiger partial charge < -0.3 is 5.73 Å². The fraction of sp³-hybridized carbons (Fsp3) is 0.529. The molecule has 0 rings (SSSR count). The van der Waals surface area contributed by atoms with Crippen molar-refractivity contribution < 1.29 is 0 Å². The Balaban J connectivity index is -0.0000000925. The van der Waals surface area contributed by atoms with E-state index in [1.54, 1.807) is 6.08 Å². The zero-order valence-corrected chi connectivity index (χ0v) is 12.7. The normalized spacial score (nSPS) is 8.78. The Morgan fingerprint density at radius 1 is 1.06 bits per heavy atom. The largest absolute Gasteiger partial charge is 0.324 e. The number of unbranched alkanes of at least 4 members (excludes halogenated alkanes) is 2. The molecule has 0 saturated carbocycles. The summed E-state index contributed by atoms with van der Waals surface area (Å²) in [6.45, 7) is 16.9. The third-order valence-corrected chi connectivity index (χ3v) is 1.74. The highest BCUT2D eigenvalue weighted by atomic mass is 14.6. The lowest BCUT2D eigenvalue weighted by Gasteiger charge is -2.01. The van der Waals surface area contributed by atoms with Crippen molar-refractivity contribution in [3.05, 3.63) is 38.0 Å². The molecule has 2 N–H and O–H groups in total. The molecular formula is C17H33N. The van der Waals surface area contributed by atoms with Crippen LogP contribution in [0.2, 0.25) is 0 Å². The van der Waals surface area contributed by atoms with Crippen LogP contribution >= 0.6 is 0 Å². The molecule has 1 nitrogen and oxygen atoms in total. The molecule has 0 radical (unpaired) electrons. The Morgan fingerprint density at radius 3 is 1.72 bits per heavy atom. The van der Waals surface area contributed by atoms with Crippen LogP contribution in [-0.2, 0) is 0 Å². The SMILES string of the molecule is C#C.C=CCCC.C=CCCCC(N)C=C.CC. The second-order valence-electron chi connectivity index (χ2n) is 3.20. The second-order valence-corrected chi connectivity index (χ2v) is 3.20. The van der Waals surface area contributed by atoms with E-state index in [2.05, 4.69) is 39.5 Å². The zero-order valence-electron chi connectivity index (χ0n) is 12.7. The van der Waals surface area contributed by atoms with Crippen LogP contribution in [0.15, 0.2) is 38.0 Å². The molecule has 0 bridgehead atoms. The molecule has 0 aromatic heterocycles. The molecule has 1 unspecified atom stereocenters. The number of allylic oxidation sites excluding steroid dienone is 2. The standard InChI is InChI=1S/C8H15N.C5H10.C2H6.C2H2/c1-3-5-6-7-8(9)4-2;1-3-5-4-2;2*1-2/h3-4,8H,1-2,5-7,9H2;3H,1,4-5H2,2H3;1-2H3;1-2H. The number of rotatable bonds is 7. The van der Waals surface area contributed by atoms with Gasteiger partial charge in [-0.2, -0.15) is 0 Å². The molecule has 1 atom stereocenters. The molecule has 0 amide bonds. The predicted octanol–water partition coefficient (Wildman–Crippen LogP) is 5.10. The first kappa shape index (κ1) is 25.6. The van der Waals surface area contributed by atoms with Gasteiger partial charge in [0.05, 0.1) is 0 Å². The van der Waals surface area contributed by atoms with Gasteiger partial charge >= 0.3 is 0 Å². The Morgan fingerprint density at radius 2 is 1.50 bits per heavy atom. The van der Waals surface area contributed by atoms with E-state index in [1.807, 2.05) is 26.0 Å². The van der Waals surface area contributed by atoms with Crippen molar-refractivity contribution in [3.8, 4) is 12.8 Å². The minimum atomic E-state index is 0.171. The van der Waals surface area contributed by atoms with E-state index in [-0.39, 0.29) is 6.04 Å². The Kier molecular flexibility index (Phi) is 51.2. The Hall–Kier alpha value is -1.26. The van der Waals surface area contributed by atoms with Gasteiger partial charge in [0.25, 0.3) is 0 Å². The molecule has 0 spiro atoms. The summed E-state index contributed by atoms with van der Waals surface area (Å²) in [6, 6.07) is 0.171. The molecule has 0 aliphatic heterocycles. The van der Waals surface area contributed by atoms with Gasteiger partial charge in [0, 0.05) is 6.04 Å². The van der Waals surface area contributed by atoms with E-state index >= 15 is 0 Å². The summed E-state index contributed by atoms with van der Waals surface area (Å²) < 4.78 is 0. The zero-order chi connectivity index (χ0) is 15.2. The molecule has 0 saturated heterocycles.